The van der Waals surface area contributed by atoms with Gasteiger partial charge in [0.25, 0.3) is 10.9 Å². The van der Waals surface area contributed by atoms with Gasteiger partial charge in [-0.2, -0.15) is 0 Å². The first-order chi connectivity index (χ1) is 10.2. The summed E-state index contributed by atoms with van der Waals surface area (Å²) in [6.07, 6.45) is 3.50. The van der Waals surface area contributed by atoms with Crippen LogP contribution in [0.2, 0.25) is 0 Å². The Morgan fingerprint density at radius 3 is 3.19 bits per heavy atom. The Labute approximate surface area is 126 Å². The zero-order valence-corrected chi connectivity index (χ0v) is 12.4. The number of thiazole rings is 1. The number of fused-ring (bicyclic) bond motifs is 1. The Kier molecular flexibility index (Phi) is 4.31. The second-order valence-electron chi connectivity index (χ2n) is 5.24. The molecule has 0 spiro atoms. The third-order valence-corrected chi connectivity index (χ3v) is 4.66. The SMILES string of the molecule is O=[N+]([O-])c1ccc2sc(OCC[C@@H]3CCCNC3)nc2c1. The van der Waals surface area contributed by atoms with Crippen LogP contribution < -0.4 is 10.1 Å². The van der Waals surface area contributed by atoms with Crippen LogP contribution in [0, 0.1) is 16.0 Å². The maximum Gasteiger partial charge on any atom is 0.274 e. The van der Waals surface area contributed by atoms with Crippen LogP contribution in [0.25, 0.3) is 10.2 Å². The Bertz CT molecular complexity index is 637. The van der Waals surface area contributed by atoms with E-state index in [9.17, 15) is 10.1 Å². The van der Waals surface area contributed by atoms with Crippen molar-refractivity contribution in [1.82, 2.24) is 10.3 Å². The summed E-state index contributed by atoms with van der Waals surface area (Å²) in [7, 11) is 0. The topological polar surface area (TPSA) is 77.3 Å². The molecule has 1 aliphatic heterocycles. The molecule has 1 aromatic heterocycles. The van der Waals surface area contributed by atoms with E-state index in [1.807, 2.05) is 0 Å². The van der Waals surface area contributed by atoms with E-state index in [0.717, 1.165) is 24.2 Å². The lowest BCUT2D eigenvalue weighted by atomic mass is 9.97. The summed E-state index contributed by atoms with van der Waals surface area (Å²) >= 11 is 1.43. The minimum absolute atomic E-state index is 0.0626. The van der Waals surface area contributed by atoms with Crippen molar-refractivity contribution < 1.29 is 9.66 Å². The normalized spacial score (nSPS) is 18.8. The molecule has 2 heterocycles. The fraction of sp³-hybridized carbons (Fsp3) is 0.500. The highest BCUT2D eigenvalue weighted by Gasteiger charge is 2.14. The van der Waals surface area contributed by atoms with E-state index in [-0.39, 0.29) is 5.69 Å². The Morgan fingerprint density at radius 1 is 1.52 bits per heavy atom. The molecule has 0 unspecified atom stereocenters. The van der Waals surface area contributed by atoms with Crippen molar-refractivity contribution in [2.24, 2.45) is 5.92 Å². The van der Waals surface area contributed by atoms with Gasteiger partial charge in [-0.15, -0.1) is 0 Å². The van der Waals surface area contributed by atoms with Crippen molar-refractivity contribution in [2.75, 3.05) is 19.7 Å². The standard InChI is InChI=1S/C14H17N3O3S/c18-17(19)11-3-4-13-12(8-11)16-14(21-13)20-7-5-10-2-1-6-15-9-10/h3-4,8,10,15H,1-2,5-7,9H2/t10-/m0/s1. The molecule has 1 aromatic carbocycles. The van der Waals surface area contributed by atoms with Gasteiger partial charge < -0.3 is 10.1 Å². The summed E-state index contributed by atoms with van der Waals surface area (Å²) in [5, 5.41) is 14.7. The van der Waals surface area contributed by atoms with Gasteiger partial charge >= 0.3 is 0 Å². The number of nitrogens with zero attached hydrogens (tertiary/aromatic N) is 2. The smallest absolute Gasteiger partial charge is 0.274 e. The number of non-ortho nitro benzene ring substituents is 1. The van der Waals surface area contributed by atoms with Crippen LogP contribution in [-0.2, 0) is 0 Å². The number of aromatic nitrogens is 1. The van der Waals surface area contributed by atoms with Crippen molar-refractivity contribution >= 4 is 27.2 Å². The monoisotopic (exact) mass is 307 g/mol. The average Bonchev–Trinajstić information content (AvgIpc) is 2.90. The van der Waals surface area contributed by atoms with E-state index in [1.54, 1.807) is 6.07 Å². The molecule has 3 rings (SSSR count). The van der Waals surface area contributed by atoms with Crippen LogP contribution in [0.15, 0.2) is 18.2 Å². The zero-order valence-electron chi connectivity index (χ0n) is 11.6. The van der Waals surface area contributed by atoms with Crippen LogP contribution in [-0.4, -0.2) is 29.6 Å². The first-order valence-corrected chi connectivity index (χ1v) is 7.92. The third-order valence-electron chi connectivity index (χ3n) is 3.71. The van der Waals surface area contributed by atoms with Gasteiger partial charge in [0.05, 0.1) is 21.7 Å². The molecular weight excluding hydrogens is 290 g/mol. The fourth-order valence-corrected chi connectivity index (χ4v) is 3.37. The van der Waals surface area contributed by atoms with Crippen molar-refractivity contribution in [2.45, 2.75) is 19.3 Å². The van der Waals surface area contributed by atoms with Crippen molar-refractivity contribution in [3.63, 3.8) is 0 Å². The van der Waals surface area contributed by atoms with Crippen molar-refractivity contribution in [1.29, 1.82) is 0 Å². The number of nitrogens with one attached hydrogen (secondary N) is 1. The Hall–Kier alpha value is -1.73. The van der Waals surface area contributed by atoms with E-state index >= 15 is 0 Å². The molecule has 1 atom stereocenters. The number of nitro benzene ring substituents is 1. The summed E-state index contributed by atoms with van der Waals surface area (Å²) in [5.41, 5.74) is 0.691. The minimum Gasteiger partial charge on any atom is -0.470 e. The number of hydrogen-bond acceptors (Lipinski definition) is 6. The minimum atomic E-state index is -0.407. The van der Waals surface area contributed by atoms with Crippen LogP contribution in [0.1, 0.15) is 19.3 Å². The summed E-state index contributed by atoms with van der Waals surface area (Å²) < 4.78 is 6.62. The molecule has 1 aliphatic rings. The van der Waals surface area contributed by atoms with E-state index in [0.29, 0.717) is 23.2 Å². The average molecular weight is 307 g/mol. The third kappa shape index (κ3) is 3.48. The van der Waals surface area contributed by atoms with Gasteiger partial charge in [0.15, 0.2) is 0 Å². The van der Waals surface area contributed by atoms with Crippen LogP contribution in [0.4, 0.5) is 5.69 Å². The summed E-state index contributed by atoms with van der Waals surface area (Å²) in [4.78, 5) is 14.6. The molecule has 0 radical (unpaired) electrons. The lowest BCUT2D eigenvalue weighted by molar-refractivity contribution is -0.384. The molecule has 21 heavy (non-hydrogen) atoms. The first-order valence-electron chi connectivity index (χ1n) is 7.11. The van der Waals surface area contributed by atoms with Crippen LogP contribution in [0.5, 0.6) is 5.19 Å². The van der Waals surface area contributed by atoms with Gasteiger partial charge in [-0.25, -0.2) is 4.98 Å². The van der Waals surface area contributed by atoms with E-state index in [2.05, 4.69) is 10.3 Å². The maximum absolute atomic E-state index is 10.7. The fourth-order valence-electron chi connectivity index (χ4n) is 2.55. The number of piperidine rings is 1. The predicted octanol–water partition coefficient (Wildman–Crippen LogP) is 2.97. The number of ether oxygens (including phenoxy) is 1. The van der Waals surface area contributed by atoms with Crippen LogP contribution in [0.3, 0.4) is 0 Å². The number of hydrogen-bond donors (Lipinski definition) is 1. The summed E-state index contributed by atoms with van der Waals surface area (Å²) in [5.74, 6) is 0.675. The highest BCUT2D eigenvalue weighted by molar-refractivity contribution is 7.20. The second kappa shape index (κ2) is 6.36. The maximum atomic E-state index is 10.7. The number of nitro groups is 1. The summed E-state index contributed by atoms with van der Waals surface area (Å²) in [6, 6.07) is 4.71. The van der Waals surface area contributed by atoms with Crippen molar-refractivity contribution in [3.8, 4) is 5.19 Å². The Balaban J connectivity index is 1.60. The lowest BCUT2D eigenvalue weighted by Gasteiger charge is -2.22. The Morgan fingerprint density at radius 2 is 2.43 bits per heavy atom. The van der Waals surface area contributed by atoms with Gasteiger partial charge in [-0.1, -0.05) is 11.3 Å². The first kappa shape index (κ1) is 14.2. The van der Waals surface area contributed by atoms with Gasteiger partial charge in [-0.05, 0) is 44.3 Å². The molecule has 6 nitrogen and oxygen atoms in total. The molecule has 0 bridgehead atoms. The molecule has 0 saturated carbocycles. The predicted molar refractivity (Wildman–Crippen MR) is 82.0 cm³/mol. The van der Waals surface area contributed by atoms with E-state index in [1.165, 1.54) is 36.3 Å². The molecule has 1 saturated heterocycles. The van der Waals surface area contributed by atoms with Gasteiger partial charge in [0.1, 0.15) is 0 Å². The number of benzene rings is 1. The van der Waals surface area contributed by atoms with Crippen LogP contribution >= 0.6 is 11.3 Å². The highest BCUT2D eigenvalue weighted by atomic mass is 32.1. The van der Waals surface area contributed by atoms with E-state index < -0.39 is 4.92 Å². The largest absolute Gasteiger partial charge is 0.470 e. The molecule has 0 amide bonds. The molecule has 0 aliphatic carbocycles. The van der Waals surface area contributed by atoms with Crippen molar-refractivity contribution in [3.05, 3.63) is 28.3 Å². The van der Waals surface area contributed by atoms with E-state index in [4.69, 9.17) is 4.74 Å². The van der Waals surface area contributed by atoms with Gasteiger partial charge in [0, 0.05) is 12.1 Å². The molecule has 7 heteroatoms. The molecule has 2 aromatic rings. The molecule has 112 valence electrons. The number of rotatable bonds is 5. The van der Waals surface area contributed by atoms with Gasteiger partial charge in [-0.3, -0.25) is 10.1 Å². The molecule has 1 fully saturated rings. The zero-order chi connectivity index (χ0) is 14.7. The second-order valence-corrected chi connectivity index (χ2v) is 6.23. The molecule has 1 N–H and O–H groups in total. The quantitative estimate of drug-likeness (QED) is 0.678. The molecular formula is C14H17N3O3S. The lowest BCUT2D eigenvalue weighted by Crippen LogP contribution is -2.30. The van der Waals surface area contributed by atoms with Gasteiger partial charge in [0.2, 0.25) is 0 Å². The summed E-state index contributed by atoms with van der Waals surface area (Å²) in [6.45, 7) is 2.83. The highest BCUT2D eigenvalue weighted by Crippen LogP contribution is 2.30.